The van der Waals surface area contributed by atoms with Gasteiger partial charge in [0.1, 0.15) is 5.60 Å². The average Bonchev–Trinajstić information content (AvgIpc) is 2.42. The van der Waals surface area contributed by atoms with Gasteiger partial charge in [0.05, 0.1) is 5.69 Å². The summed E-state index contributed by atoms with van der Waals surface area (Å²) in [5.41, 5.74) is 1.75. The first-order valence-corrected chi connectivity index (χ1v) is 7.92. The highest BCUT2D eigenvalue weighted by atomic mass is 16.6. The van der Waals surface area contributed by atoms with E-state index in [0.29, 0.717) is 13.1 Å². The topological polar surface area (TPSA) is 54.5 Å². The van der Waals surface area contributed by atoms with Crippen LogP contribution >= 0.6 is 0 Å². The molecule has 1 heterocycles. The van der Waals surface area contributed by atoms with E-state index in [1.54, 1.807) is 4.90 Å². The van der Waals surface area contributed by atoms with E-state index in [1.165, 1.54) is 5.56 Å². The van der Waals surface area contributed by atoms with Crippen molar-refractivity contribution in [3.63, 3.8) is 0 Å². The summed E-state index contributed by atoms with van der Waals surface area (Å²) >= 11 is 0. The largest absolute Gasteiger partial charge is 0.444 e. The Labute approximate surface area is 134 Å². The van der Waals surface area contributed by atoms with Crippen LogP contribution in [0.1, 0.15) is 45.4 Å². The number of ether oxygens (including phenoxy) is 1. The van der Waals surface area contributed by atoms with E-state index in [2.05, 4.69) is 16.4 Å². The minimum atomic E-state index is -0.445. The van der Waals surface area contributed by atoms with Gasteiger partial charge in [-0.1, -0.05) is 6.07 Å². The van der Waals surface area contributed by atoms with Gasteiger partial charge in [0, 0.05) is 25.8 Å². The van der Waals surface area contributed by atoms with Crippen molar-refractivity contribution in [2.75, 3.05) is 19.6 Å². The van der Waals surface area contributed by atoms with Gasteiger partial charge in [-0.2, -0.15) is 0 Å². The molecule has 0 radical (unpaired) electrons. The SMILES string of the molecule is CCN(CCCNCc1ccc(C)cn1)C(=O)OC(C)(C)C. The molecule has 1 amide bonds. The van der Waals surface area contributed by atoms with E-state index in [1.807, 2.05) is 46.9 Å². The van der Waals surface area contributed by atoms with Crippen molar-refractivity contribution in [2.45, 2.75) is 53.2 Å². The van der Waals surface area contributed by atoms with Crippen molar-refractivity contribution in [2.24, 2.45) is 0 Å². The van der Waals surface area contributed by atoms with Crippen LogP contribution in [0.4, 0.5) is 4.79 Å². The summed E-state index contributed by atoms with van der Waals surface area (Å²) < 4.78 is 5.38. The van der Waals surface area contributed by atoms with Crippen molar-refractivity contribution < 1.29 is 9.53 Å². The molecule has 0 spiro atoms. The van der Waals surface area contributed by atoms with Crippen LogP contribution in [0.15, 0.2) is 18.3 Å². The Morgan fingerprint density at radius 3 is 2.64 bits per heavy atom. The fraction of sp³-hybridized carbons (Fsp3) is 0.647. The average molecular weight is 307 g/mol. The number of hydrogen-bond donors (Lipinski definition) is 1. The number of pyridine rings is 1. The molecule has 1 aromatic heterocycles. The maximum Gasteiger partial charge on any atom is 0.410 e. The van der Waals surface area contributed by atoms with Gasteiger partial charge in [0.2, 0.25) is 0 Å². The van der Waals surface area contributed by atoms with Gasteiger partial charge in [-0.3, -0.25) is 4.98 Å². The molecular formula is C17H29N3O2. The van der Waals surface area contributed by atoms with Crippen molar-refractivity contribution in [1.29, 1.82) is 0 Å². The normalized spacial score (nSPS) is 11.3. The number of nitrogens with zero attached hydrogens (tertiary/aromatic N) is 2. The van der Waals surface area contributed by atoms with Crippen LogP contribution < -0.4 is 5.32 Å². The molecule has 0 fully saturated rings. The number of aryl methyl sites for hydroxylation is 1. The molecule has 1 aromatic rings. The molecular weight excluding hydrogens is 278 g/mol. The fourth-order valence-corrected chi connectivity index (χ4v) is 1.92. The van der Waals surface area contributed by atoms with Crippen molar-refractivity contribution in [3.05, 3.63) is 29.6 Å². The lowest BCUT2D eigenvalue weighted by Crippen LogP contribution is -2.38. The van der Waals surface area contributed by atoms with Gasteiger partial charge in [0.25, 0.3) is 0 Å². The Bertz CT molecular complexity index is 452. The minimum absolute atomic E-state index is 0.241. The number of amides is 1. The Morgan fingerprint density at radius 2 is 2.09 bits per heavy atom. The van der Waals surface area contributed by atoms with Crippen LogP contribution in [-0.4, -0.2) is 41.2 Å². The van der Waals surface area contributed by atoms with Crippen LogP contribution in [0.3, 0.4) is 0 Å². The van der Waals surface area contributed by atoms with Crippen LogP contribution in [0.25, 0.3) is 0 Å². The van der Waals surface area contributed by atoms with Gasteiger partial charge in [-0.05, 0) is 59.2 Å². The maximum absolute atomic E-state index is 12.0. The summed E-state index contributed by atoms with van der Waals surface area (Å²) in [6, 6.07) is 4.09. The molecule has 0 aromatic carbocycles. The third kappa shape index (κ3) is 7.41. The molecule has 5 nitrogen and oxygen atoms in total. The second kappa shape index (κ2) is 8.73. The molecule has 0 saturated heterocycles. The maximum atomic E-state index is 12.0. The second-order valence-electron chi connectivity index (χ2n) is 6.42. The molecule has 124 valence electrons. The number of nitrogens with one attached hydrogen (secondary N) is 1. The van der Waals surface area contributed by atoms with Crippen LogP contribution in [0.2, 0.25) is 0 Å². The number of carbonyl (C=O) groups excluding carboxylic acids is 1. The molecule has 0 aliphatic heterocycles. The van der Waals surface area contributed by atoms with Gasteiger partial charge in [-0.15, -0.1) is 0 Å². The molecule has 1 N–H and O–H groups in total. The standard InChI is InChI=1S/C17H29N3O2/c1-6-20(16(21)22-17(3,4)5)11-7-10-18-13-15-9-8-14(2)12-19-15/h8-9,12,18H,6-7,10-11,13H2,1-5H3. The monoisotopic (exact) mass is 307 g/mol. The van der Waals surface area contributed by atoms with Crippen molar-refractivity contribution >= 4 is 6.09 Å². The zero-order valence-electron chi connectivity index (χ0n) is 14.5. The summed E-state index contributed by atoms with van der Waals surface area (Å²) in [6.07, 6.45) is 2.52. The first-order chi connectivity index (χ1) is 10.3. The van der Waals surface area contributed by atoms with Crippen LogP contribution in [0, 0.1) is 6.92 Å². The van der Waals surface area contributed by atoms with E-state index in [9.17, 15) is 4.79 Å². The third-order valence-corrected chi connectivity index (χ3v) is 3.09. The Hall–Kier alpha value is -1.62. The quantitative estimate of drug-likeness (QED) is 0.786. The highest BCUT2D eigenvalue weighted by Gasteiger charge is 2.20. The van der Waals surface area contributed by atoms with E-state index < -0.39 is 5.60 Å². The van der Waals surface area contributed by atoms with Crippen LogP contribution in [-0.2, 0) is 11.3 Å². The second-order valence-corrected chi connectivity index (χ2v) is 6.42. The van der Waals surface area contributed by atoms with Gasteiger partial charge < -0.3 is 15.0 Å². The summed E-state index contributed by atoms with van der Waals surface area (Å²) in [7, 11) is 0. The summed E-state index contributed by atoms with van der Waals surface area (Å²) in [5, 5.41) is 3.35. The molecule has 0 aliphatic carbocycles. The first-order valence-electron chi connectivity index (χ1n) is 7.92. The molecule has 0 aliphatic rings. The zero-order valence-corrected chi connectivity index (χ0v) is 14.5. The van der Waals surface area contributed by atoms with Crippen molar-refractivity contribution in [1.82, 2.24) is 15.2 Å². The Kier molecular flexibility index (Phi) is 7.32. The highest BCUT2D eigenvalue weighted by molar-refractivity contribution is 5.68. The first kappa shape index (κ1) is 18.4. The molecule has 0 bridgehead atoms. The molecule has 5 heteroatoms. The van der Waals surface area contributed by atoms with E-state index in [4.69, 9.17) is 4.74 Å². The summed E-state index contributed by atoms with van der Waals surface area (Å²) in [5.74, 6) is 0. The lowest BCUT2D eigenvalue weighted by molar-refractivity contribution is 0.0258. The molecule has 0 saturated carbocycles. The lowest BCUT2D eigenvalue weighted by Gasteiger charge is -2.26. The summed E-state index contributed by atoms with van der Waals surface area (Å²) in [6.45, 7) is 12.6. The molecule has 22 heavy (non-hydrogen) atoms. The molecule has 1 rings (SSSR count). The van der Waals surface area contributed by atoms with Crippen molar-refractivity contribution in [3.8, 4) is 0 Å². The third-order valence-electron chi connectivity index (χ3n) is 3.09. The van der Waals surface area contributed by atoms with Gasteiger partial charge in [-0.25, -0.2) is 4.79 Å². The van der Waals surface area contributed by atoms with Gasteiger partial charge >= 0.3 is 6.09 Å². The number of aromatic nitrogens is 1. The number of carbonyl (C=O) groups is 1. The highest BCUT2D eigenvalue weighted by Crippen LogP contribution is 2.10. The van der Waals surface area contributed by atoms with E-state index in [-0.39, 0.29) is 6.09 Å². The fourth-order valence-electron chi connectivity index (χ4n) is 1.92. The molecule has 0 atom stereocenters. The zero-order chi connectivity index (χ0) is 16.6. The lowest BCUT2D eigenvalue weighted by atomic mass is 10.2. The number of hydrogen-bond acceptors (Lipinski definition) is 4. The minimum Gasteiger partial charge on any atom is -0.444 e. The Morgan fingerprint density at radius 1 is 1.36 bits per heavy atom. The van der Waals surface area contributed by atoms with Crippen LogP contribution in [0.5, 0.6) is 0 Å². The van der Waals surface area contributed by atoms with E-state index in [0.717, 1.165) is 25.2 Å². The smallest absolute Gasteiger partial charge is 0.410 e. The van der Waals surface area contributed by atoms with E-state index >= 15 is 0 Å². The molecule has 0 unspecified atom stereocenters. The number of rotatable bonds is 7. The predicted molar refractivity (Wildman–Crippen MR) is 88.8 cm³/mol. The van der Waals surface area contributed by atoms with Gasteiger partial charge in [0.15, 0.2) is 0 Å². The predicted octanol–water partition coefficient (Wildman–Crippen LogP) is 3.13. The summed E-state index contributed by atoms with van der Waals surface area (Å²) in [4.78, 5) is 18.1. The Balaban J connectivity index is 2.24.